The number of benzene rings is 2. The van der Waals surface area contributed by atoms with Crippen LogP contribution in [0.5, 0.6) is 5.75 Å². The van der Waals surface area contributed by atoms with Crippen molar-refractivity contribution in [3.8, 4) is 5.75 Å². The molecule has 1 heterocycles. The van der Waals surface area contributed by atoms with Gasteiger partial charge in [-0.15, -0.1) is 0 Å². The molecule has 0 bridgehead atoms. The first kappa shape index (κ1) is 25.8. The Balaban J connectivity index is 2.09. The number of hydrogen-bond acceptors (Lipinski definition) is 5. The number of aliphatic hydroxyl groups is 1. The van der Waals surface area contributed by atoms with Crippen LogP contribution in [-0.4, -0.2) is 59.4 Å². The van der Waals surface area contributed by atoms with Crippen LogP contribution in [-0.2, 0) is 16.0 Å². The molecule has 0 aliphatic carbocycles. The van der Waals surface area contributed by atoms with Gasteiger partial charge >= 0.3 is 0 Å². The molecule has 1 aliphatic rings. The van der Waals surface area contributed by atoms with Gasteiger partial charge in [0.2, 0.25) is 0 Å². The molecule has 3 rings (SSSR count). The summed E-state index contributed by atoms with van der Waals surface area (Å²) >= 11 is 6.33. The van der Waals surface area contributed by atoms with Crippen LogP contribution in [0.3, 0.4) is 0 Å². The lowest BCUT2D eigenvalue weighted by molar-refractivity contribution is -0.140. The maximum Gasteiger partial charge on any atom is 0.295 e. The standard InChI is InChI=1S/C27H33ClN2O4/c1-5-18-9-11-19(12-10-18)24-23(25(31)20-13-14-22(34-8-4)21(28)17-20)26(32)27(33)30(24)16-15-29(6-2)7-3/h9-14,17,24,31H,5-8,15-16H2,1-4H3/t24-/m0/s1. The Morgan fingerprint density at radius 3 is 2.29 bits per heavy atom. The van der Waals surface area contributed by atoms with Gasteiger partial charge in [-0.1, -0.05) is 56.6 Å². The number of ether oxygens (including phenoxy) is 1. The minimum atomic E-state index is -0.688. The van der Waals surface area contributed by atoms with Gasteiger partial charge in [-0.3, -0.25) is 9.59 Å². The van der Waals surface area contributed by atoms with Crippen molar-refractivity contribution in [3.05, 3.63) is 69.8 Å². The third-order valence-corrected chi connectivity index (χ3v) is 6.60. The summed E-state index contributed by atoms with van der Waals surface area (Å²) in [7, 11) is 0. The number of likely N-dealkylation sites (tertiary alicyclic amines) is 1. The summed E-state index contributed by atoms with van der Waals surface area (Å²) in [6, 6.07) is 12.0. The molecular weight excluding hydrogens is 452 g/mol. The van der Waals surface area contributed by atoms with Gasteiger partial charge in [0.15, 0.2) is 0 Å². The van der Waals surface area contributed by atoms with Crippen molar-refractivity contribution in [2.45, 2.75) is 40.2 Å². The average Bonchev–Trinajstić information content (AvgIpc) is 3.10. The molecule has 182 valence electrons. The molecular formula is C27H33ClN2O4. The van der Waals surface area contributed by atoms with E-state index >= 15 is 0 Å². The number of carbonyl (C=O) groups excluding carboxylic acids is 2. The number of aryl methyl sites for hydroxylation is 1. The second-order valence-corrected chi connectivity index (χ2v) is 8.60. The van der Waals surface area contributed by atoms with Crippen LogP contribution in [0.1, 0.15) is 50.4 Å². The van der Waals surface area contributed by atoms with E-state index in [-0.39, 0.29) is 11.3 Å². The molecule has 0 radical (unpaired) electrons. The number of carbonyl (C=O) groups is 2. The Bertz CT molecular complexity index is 1060. The zero-order valence-corrected chi connectivity index (χ0v) is 21.1. The van der Waals surface area contributed by atoms with Crippen LogP contribution in [0, 0.1) is 0 Å². The lowest BCUT2D eigenvalue weighted by Gasteiger charge is -2.28. The molecule has 0 saturated carbocycles. The Morgan fingerprint density at radius 2 is 1.74 bits per heavy atom. The highest BCUT2D eigenvalue weighted by atomic mass is 35.5. The number of amides is 1. The summed E-state index contributed by atoms with van der Waals surface area (Å²) in [5.74, 6) is -1.03. The third kappa shape index (κ3) is 5.29. The van der Waals surface area contributed by atoms with Gasteiger partial charge in [-0.05, 0) is 55.8 Å². The minimum absolute atomic E-state index is 0.0778. The number of halogens is 1. The predicted octanol–water partition coefficient (Wildman–Crippen LogP) is 5.06. The summed E-state index contributed by atoms with van der Waals surface area (Å²) in [5, 5.41) is 11.6. The molecule has 0 spiro atoms. The number of hydrogen-bond donors (Lipinski definition) is 1. The third-order valence-electron chi connectivity index (χ3n) is 6.30. The number of likely N-dealkylation sites (N-methyl/N-ethyl adjacent to an activating group) is 1. The zero-order valence-electron chi connectivity index (χ0n) is 20.3. The molecule has 2 aromatic carbocycles. The number of rotatable bonds is 10. The zero-order chi connectivity index (χ0) is 24.8. The Morgan fingerprint density at radius 1 is 1.06 bits per heavy atom. The van der Waals surface area contributed by atoms with E-state index in [1.54, 1.807) is 23.1 Å². The van der Waals surface area contributed by atoms with Crippen molar-refractivity contribution in [1.82, 2.24) is 9.80 Å². The molecule has 0 unspecified atom stereocenters. The SMILES string of the molecule is CCOc1ccc(C(O)=C2C(=O)C(=O)N(CCN(CC)CC)[C@H]2c2ccc(CC)cc2)cc1Cl. The molecule has 1 aliphatic heterocycles. The minimum Gasteiger partial charge on any atom is -0.507 e. The fourth-order valence-electron chi connectivity index (χ4n) is 4.26. The van der Waals surface area contributed by atoms with Gasteiger partial charge in [0.25, 0.3) is 11.7 Å². The van der Waals surface area contributed by atoms with Crippen molar-refractivity contribution < 1.29 is 19.4 Å². The molecule has 2 aromatic rings. The van der Waals surface area contributed by atoms with Gasteiger partial charge in [0.05, 0.1) is 23.2 Å². The molecule has 1 amide bonds. The highest BCUT2D eigenvalue weighted by Crippen LogP contribution is 2.40. The van der Waals surface area contributed by atoms with E-state index in [0.29, 0.717) is 36.0 Å². The molecule has 1 N–H and O–H groups in total. The van der Waals surface area contributed by atoms with Crippen LogP contribution in [0.15, 0.2) is 48.0 Å². The van der Waals surface area contributed by atoms with Gasteiger partial charge in [0.1, 0.15) is 11.5 Å². The monoisotopic (exact) mass is 484 g/mol. The topological polar surface area (TPSA) is 70.1 Å². The van der Waals surface area contributed by atoms with E-state index < -0.39 is 17.7 Å². The molecule has 6 nitrogen and oxygen atoms in total. The molecule has 1 atom stereocenters. The quantitative estimate of drug-likeness (QED) is 0.290. The number of aliphatic hydroxyl groups excluding tert-OH is 1. The van der Waals surface area contributed by atoms with E-state index in [9.17, 15) is 14.7 Å². The highest BCUT2D eigenvalue weighted by Gasteiger charge is 2.46. The van der Waals surface area contributed by atoms with E-state index in [1.807, 2.05) is 31.2 Å². The molecule has 0 aromatic heterocycles. The molecule has 1 fully saturated rings. The van der Waals surface area contributed by atoms with E-state index in [2.05, 4.69) is 25.7 Å². The van der Waals surface area contributed by atoms with E-state index in [4.69, 9.17) is 16.3 Å². The van der Waals surface area contributed by atoms with Crippen molar-refractivity contribution in [1.29, 1.82) is 0 Å². The molecule has 34 heavy (non-hydrogen) atoms. The molecule has 1 saturated heterocycles. The number of nitrogens with zero attached hydrogens (tertiary/aromatic N) is 2. The second kappa shape index (κ2) is 11.5. The van der Waals surface area contributed by atoms with Crippen molar-refractivity contribution >= 4 is 29.1 Å². The first-order chi connectivity index (χ1) is 16.4. The van der Waals surface area contributed by atoms with Crippen LogP contribution >= 0.6 is 11.6 Å². The van der Waals surface area contributed by atoms with Crippen LogP contribution in [0.2, 0.25) is 5.02 Å². The lowest BCUT2D eigenvalue weighted by Crippen LogP contribution is -2.38. The lowest BCUT2D eigenvalue weighted by atomic mass is 9.94. The van der Waals surface area contributed by atoms with E-state index in [0.717, 1.165) is 30.6 Å². The predicted molar refractivity (Wildman–Crippen MR) is 135 cm³/mol. The van der Waals surface area contributed by atoms with Crippen molar-refractivity contribution in [2.75, 3.05) is 32.8 Å². The van der Waals surface area contributed by atoms with Gasteiger partial charge in [-0.25, -0.2) is 0 Å². The largest absolute Gasteiger partial charge is 0.507 e. The van der Waals surface area contributed by atoms with Crippen LogP contribution < -0.4 is 4.74 Å². The summed E-state index contributed by atoms with van der Waals surface area (Å²) in [5.41, 5.74) is 2.39. The Kier molecular flexibility index (Phi) is 8.75. The normalized spacial score (nSPS) is 17.6. The van der Waals surface area contributed by atoms with E-state index in [1.165, 1.54) is 0 Å². The Hall–Kier alpha value is -2.83. The first-order valence-corrected chi connectivity index (χ1v) is 12.3. The number of Topliss-reactive ketones (excluding diaryl/α,β-unsaturated/α-hetero) is 1. The molecule has 7 heteroatoms. The van der Waals surface area contributed by atoms with Crippen molar-refractivity contribution in [3.63, 3.8) is 0 Å². The average molecular weight is 485 g/mol. The van der Waals surface area contributed by atoms with Crippen LogP contribution in [0.4, 0.5) is 0 Å². The van der Waals surface area contributed by atoms with Gasteiger partial charge in [-0.2, -0.15) is 0 Å². The fourth-order valence-corrected chi connectivity index (χ4v) is 4.49. The summed E-state index contributed by atoms with van der Waals surface area (Å²) in [6.07, 6.45) is 0.882. The maximum absolute atomic E-state index is 13.2. The van der Waals surface area contributed by atoms with Gasteiger partial charge < -0.3 is 19.6 Å². The van der Waals surface area contributed by atoms with Gasteiger partial charge in [0, 0.05) is 18.7 Å². The Labute approximate surface area is 206 Å². The summed E-state index contributed by atoms with van der Waals surface area (Å²) in [6.45, 7) is 11.2. The first-order valence-electron chi connectivity index (χ1n) is 11.9. The smallest absolute Gasteiger partial charge is 0.295 e. The summed E-state index contributed by atoms with van der Waals surface area (Å²) in [4.78, 5) is 30.1. The highest BCUT2D eigenvalue weighted by molar-refractivity contribution is 6.46. The van der Waals surface area contributed by atoms with Crippen LogP contribution in [0.25, 0.3) is 5.76 Å². The fraction of sp³-hybridized carbons (Fsp3) is 0.407. The maximum atomic E-state index is 13.2. The second-order valence-electron chi connectivity index (χ2n) is 8.19. The number of ketones is 1. The summed E-state index contributed by atoms with van der Waals surface area (Å²) < 4.78 is 5.48. The van der Waals surface area contributed by atoms with Crippen molar-refractivity contribution in [2.24, 2.45) is 0 Å².